The average Bonchev–Trinajstić information content (AvgIpc) is 2.81. The van der Waals surface area contributed by atoms with Gasteiger partial charge in [0.1, 0.15) is 5.71 Å². The first-order valence-electron chi connectivity index (χ1n) is 6.52. The molecular formula is C16H10N4O. The smallest absolute Gasteiger partial charge is 0.243 e. The fourth-order valence-electron chi connectivity index (χ4n) is 2.55. The van der Waals surface area contributed by atoms with Crippen molar-refractivity contribution in [3.05, 3.63) is 66.0 Å². The number of anilines is 1. The molecule has 0 bridgehead atoms. The normalized spacial score (nSPS) is 14.9. The SMILES string of the molecule is O=C1C(=NNc2ncccn2)c2cccc3cccc1c23. The number of hydrazone groups is 1. The number of benzene rings is 2. The summed E-state index contributed by atoms with van der Waals surface area (Å²) in [4.78, 5) is 20.5. The summed E-state index contributed by atoms with van der Waals surface area (Å²) in [5, 5.41) is 6.21. The fourth-order valence-corrected chi connectivity index (χ4v) is 2.55. The maximum atomic E-state index is 12.5. The monoisotopic (exact) mass is 274 g/mol. The molecule has 3 aromatic rings. The lowest BCUT2D eigenvalue weighted by atomic mass is 10.1. The van der Waals surface area contributed by atoms with E-state index in [2.05, 4.69) is 20.5 Å². The number of nitrogens with zero attached hydrogens (tertiary/aromatic N) is 3. The third-order valence-electron chi connectivity index (χ3n) is 3.45. The molecule has 0 radical (unpaired) electrons. The maximum Gasteiger partial charge on any atom is 0.243 e. The minimum atomic E-state index is -0.0785. The van der Waals surface area contributed by atoms with E-state index in [1.807, 2.05) is 36.4 Å². The van der Waals surface area contributed by atoms with Crippen LogP contribution in [0.5, 0.6) is 0 Å². The van der Waals surface area contributed by atoms with Crippen LogP contribution in [0, 0.1) is 0 Å². The predicted octanol–water partition coefficient (Wildman–Crippen LogP) is 2.64. The standard InChI is InChI=1S/C16H10N4O/c21-15-12-7-2-5-10-4-1-6-11(13(10)12)14(15)19-20-16-17-8-3-9-18-16/h1-9H,(H,17,18,20). The Bertz CT molecular complexity index is 882. The molecule has 1 aliphatic rings. The van der Waals surface area contributed by atoms with Gasteiger partial charge in [-0.25, -0.2) is 15.4 Å². The molecule has 0 aliphatic heterocycles. The van der Waals surface area contributed by atoms with Crippen LogP contribution < -0.4 is 5.43 Å². The maximum absolute atomic E-state index is 12.5. The summed E-state index contributed by atoms with van der Waals surface area (Å²) < 4.78 is 0. The Morgan fingerprint density at radius 1 is 0.905 bits per heavy atom. The van der Waals surface area contributed by atoms with Crippen molar-refractivity contribution in [2.24, 2.45) is 5.10 Å². The second-order valence-electron chi connectivity index (χ2n) is 4.68. The molecule has 100 valence electrons. The van der Waals surface area contributed by atoms with Crippen LogP contribution in [0.4, 0.5) is 5.95 Å². The lowest BCUT2D eigenvalue weighted by Gasteiger charge is -2.00. The molecule has 0 atom stereocenters. The van der Waals surface area contributed by atoms with Crippen LogP contribution in [-0.4, -0.2) is 21.5 Å². The van der Waals surface area contributed by atoms with Crippen molar-refractivity contribution in [3.63, 3.8) is 0 Å². The van der Waals surface area contributed by atoms with E-state index in [4.69, 9.17) is 0 Å². The van der Waals surface area contributed by atoms with Gasteiger partial charge >= 0.3 is 0 Å². The number of rotatable bonds is 2. The second kappa shape index (κ2) is 4.49. The van der Waals surface area contributed by atoms with Crippen LogP contribution >= 0.6 is 0 Å². The van der Waals surface area contributed by atoms with Crippen molar-refractivity contribution < 1.29 is 4.79 Å². The van der Waals surface area contributed by atoms with Crippen molar-refractivity contribution in [3.8, 4) is 0 Å². The quantitative estimate of drug-likeness (QED) is 0.729. The highest BCUT2D eigenvalue weighted by Gasteiger charge is 2.28. The molecule has 0 saturated carbocycles. The van der Waals surface area contributed by atoms with Crippen LogP contribution in [0.25, 0.3) is 10.8 Å². The van der Waals surface area contributed by atoms with Crippen molar-refractivity contribution in [1.82, 2.24) is 9.97 Å². The zero-order valence-electron chi connectivity index (χ0n) is 10.9. The van der Waals surface area contributed by atoms with E-state index in [0.29, 0.717) is 17.2 Å². The van der Waals surface area contributed by atoms with E-state index < -0.39 is 0 Å². The number of ketones is 1. The zero-order valence-corrected chi connectivity index (χ0v) is 10.9. The zero-order chi connectivity index (χ0) is 14.2. The van der Waals surface area contributed by atoms with Gasteiger partial charge in [-0.05, 0) is 11.5 Å². The van der Waals surface area contributed by atoms with Crippen LogP contribution in [0.2, 0.25) is 0 Å². The summed E-state index contributed by atoms with van der Waals surface area (Å²) in [6.07, 6.45) is 3.23. The number of carbonyl (C=O) groups excluding carboxylic acids is 1. The largest absolute Gasteiger partial charge is 0.287 e. The molecule has 2 aromatic carbocycles. The Kier molecular flexibility index (Phi) is 2.50. The van der Waals surface area contributed by atoms with Gasteiger partial charge in [-0.2, -0.15) is 5.10 Å². The minimum absolute atomic E-state index is 0.0785. The van der Waals surface area contributed by atoms with Gasteiger partial charge in [0, 0.05) is 28.9 Å². The van der Waals surface area contributed by atoms with Gasteiger partial charge in [0.05, 0.1) is 0 Å². The van der Waals surface area contributed by atoms with Crippen LogP contribution in [0.1, 0.15) is 15.9 Å². The summed E-state index contributed by atoms with van der Waals surface area (Å²) >= 11 is 0. The summed E-state index contributed by atoms with van der Waals surface area (Å²) in [6, 6.07) is 13.2. The number of carbonyl (C=O) groups is 1. The lowest BCUT2D eigenvalue weighted by molar-refractivity contribution is 0.107. The molecular weight excluding hydrogens is 264 g/mol. The molecule has 0 amide bonds. The van der Waals surface area contributed by atoms with E-state index >= 15 is 0 Å². The van der Waals surface area contributed by atoms with Gasteiger partial charge in [-0.1, -0.05) is 36.4 Å². The molecule has 21 heavy (non-hydrogen) atoms. The third kappa shape index (κ3) is 1.79. The van der Waals surface area contributed by atoms with Crippen molar-refractivity contribution in [1.29, 1.82) is 0 Å². The van der Waals surface area contributed by atoms with Crippen molar-refractivity contribution in [2.45, 2.75) is 0 Å². The van der Waals surface area contributed by atoms with Crippen LogP contribution in [0.15, 0.2) is 60.0 Å². The first kappa shape index (κ1) is 11.7. The second-order valence-corrected chi connectivity index (χ2v) is 4.68. The van der Waals surface area contributed by atoms with Crippen molar-refractivity contribution >= 4 is 28.2 Å². The number of Topliss-reactive ketones (excluding diaryl/α,β-unsaturated/α-hetero) is 1. The van der Waals surface area contributed by atoms with Gasteiger partial charge < -0.3 is 0 Å². The van der Waals surface area contributed by atoms with Gasteiger partial charge in [-0.15, -0.1) is 0 Å². The Balaban J connectivity index is 1.82. The highest BCUT2D eigenvalue weighted by atomic mass is 16.1. The molecule has 5 nitrogen and oxygen atoms in total. The lowest BCUT2D eigenvalue weighted by Crippen LogP contribution is -2.11. The number of hydrogen-bond acceptors (Lipinski definition) is 5. The summed E-state index contributed by atoms with van der Waals surface area (Å²) in [7, 11) is 0. The summed E-state index contributed by atoms with van der Waals surface area (Å²) in [5.74, 6) is 0.283. The molecule has 1 aromatic heterocycles. The molecule has 1 N–H and O–H groups in total. The molecule has 1 heterocycles. The molecule has 1 aliphatic carbocycles. The van der Waals surface area contributed by atoms with Crippen LogP contribution in [-0.2, 0) is 0 Å². The molecule has 0 fully saturated rings. The van der Waals surface area contributed by atoms with E-state index in [1.165, 1.54) is 0 Å². The first-order chi connectivity index (χ1) is 10.3. The Morgan fingerprint density at radius 2 is 1.62 bits per heavy atom. The highest BCUT2D eigenvalue weighted by molar-refractivity contribution is 6.59. The predicted molar refractivity (Wildman–Crippen MR) is 80.5 cm³/mol. The summed E-state index contributed by atoms with van der Waals surface area (Å²) in [6.45, 7) is 0. The van der Waals surface area contributed by atoms with Gasteiger partial charge in [-0.3, -0.25) is 4.79 Å². The van der Waals surface area contributed by atoms with Gasteiger partial charge in [0.15, 0.2) is 0 Å². The highest BCUT2D eigenvalue weighted by Crippen LogP contribution is 2.30. The first-order valence-corrected chi connectivity index (χ1v) is 6.52. The van der Waals surface area contributed by atoms with Crippen LogP contribution in [0.3, 0.4) is 0 Å². The average molecular weight is 274 g/mol. The third-order valence-corrected chi connectivity index (χ3v) is 3.45. The molecule has 5 heteroatoms. The van der Waals surface area contributed by atoms with Gasteiger partial charge in [0.25, 0.3) is 0 Å². The Hall–Kier alpha value is -3.08. The minimum Gasteiger partial charge on any atom is -0.287 e. The summed E-state index contributed by atoms with van der Waals surface area (Å²) in [5.41, 5.74) is 4.67. The number of hydrogen-bond donors (Lipinski definition) is 1. The number of aromatic nitrogens is 2. The van der Waals surface area contributed by atoms with E-state index in [9.17, 15) is 4.79 Å². The topological polar surface area (TPSA) is 67.2 Å². The number of nitrogens with one attached hydrogen (secondary N) is 1. The van der Waals surface area contributed by atoms with Crippen molar-refractivity contribution in [2.75, 3.05) is 5.43 Å². The van der Waals surface area contributed by atoms with E-state index in [1.54, 1.807) is 18.5 Å². The molecule has 4 rings (SSSR count). The molecule has 0 saturated heterocycles. The molecule has 0 unspecified atom stereocenters. The molecule has 0 spiro atoms. The Morgan fingerprint density at radius 3 is 2.38 bits per heavy atom. The fraction of sp³-hybridized carbons (Fsp3) is 0. The van der Waals surface area contributed by atoms with Gasteiger partial charge in [0.2, 0.25) is 11.7 Å². The van der Waals surface area contributed by atoms with E-state index in [-0.39, 0.29) is 5.78 Å². The Labute approximate surface area is 120 Å². The van der Waals surface area contributed by atoms with E-state index in [0.717, 1.165) is 16.3 Å².